The van der Waals surface area contributed by atoms with Gasteiger partial charge in [-0.1, -0.05) is 18.2 Å². The molecule has 130 valence electrons. The molecule has 0 bridgehead atoms. The molecule has 6 nitrogen and oxygen atoms in total. The average molecular weight is 351 g/mol. The predicted octanol–water partition coefficient (Wildman–Crippen LogP) is 1.93. The van der Waals surface area contributed by atoms with Crippen molar-refractivity contribution < 1.29 is 9.53 Å². The molecule has 0 spiro atoms. The Morgan fingerprint density at radius 3 is 2.92 bits per heavy atom. The van der Waals surface area contributed by atoms with Crippen molar-refractivity contribution in [3.63, 3.8) is 0 Å². The molecule has 2 aromatic rings. The molecule has 0 radical (unpaired) electrons. The molecule has 1 aromatic heterocycles. The molecular formula is C17H23ClN4O2. The van der Waals surface area contributed by atoms with Crippen LogP contribution in [0.5, 0.6) is 0 Å². The molecule has 1 aliphatic rings. The predicted molar refractivity (Wildman–Crippen MR) is 95.3 cm³/mol. The molecule has 1 saturated heterocycles. The highest BCUT2D eigenvalue weighted by atomic mass is 35.5. The number of para-hydroxylation sites is 1. The Morgan fingerprint density at radius 2 is 2.21 bits per heavy atom. The number of anilines is 1. The number of nitrogens with one attached hydrogen (secondary N) is 2. The molecule has 0 unspecified atom stereocenters. The molecule has 2 N–H and O–H groups in total. The standard InChI is InChI=1S/C17H22N4O2.ClH/c1-21-10-13(7-19-21)14-8-18-9-15(14)17(22)20-16-6-4-3-5-12(16)11-23-2;/h3-7,10,14-15,18H,8-9,11H2,1-2H3,(H,20,22);1H/t14-,15+;/m1./s1. The second-order valence-electron chi connectivity index (χ2n) is 5.90. The third kappa shape index (κ3) is 3.95. The van der Waals surface area contributed by atoms with Gasteiger partial charge in [-0.3, -0.25) is 9.48 Å². The van der Waals surface area contributed by atoms with Gasteiger partial charge in [0.15, 0.2) is 0 Å². The number of halogens is 1. The van der Waals surface area contributed by atoms with Crippen LogP contribution in [0, 0.1) is 5.92 Å². The van der Waals surface area contributed by atoms with E-state index in [-0.39, 0.29) is 30.2 Å². The molecule has 24 heavy (non-hydrogen) atoms. The maximum atomic E-state index is 12.7. The maximum Gasteiger partial charge on any atom is 0.229 e. The van der Waals surface area contributed by atoms with Gasteiger partial charge in [0.2, 0.25) is 5.91 Å². The summed E-state index contributed by atoms with van der Waals surface area (Å²) in [5.41, 5.74) is 2.89. The number of carbonyl (C=O) groups excluding carboxylic acids is 1. The van der Waals surface area contributed by atoms with E-state index in [0.29, 0.717) is 13.2 Å². The van der Waals surface area contributed by atoms with E-state index >= 15 is 0 Å². The minimum Gasteiger partial charge on any atom is -0.380 e. The van der Waals surface area contributed by atoms with Crippen molar-refractivity contribution in [2.24, 2.45) is 13.0 Å². The number of nitrogens with zero attached hydrogens (tertiary/aromatic N) is 2. The molecule has 0 saturated carbocycles. The van der Waals surface area contributed by atoms with Crippen molar-refractivity contribution in [3.05, 3.63) is 47.8 Å². The first-order valence-electron chi connectivity index (χ1n) is 7.76. The summed E-state index contributed by atoms with van der Waals surface area (Å²) in [4.78, 5) is 12.7. The molecule has 1 aromatic carbocycles. The summed E-state index contributed by atoms with van der Waals surface area (Å²) in [6, 6.07) is 7.73. The van der Waals surface area contributed by atoms with E-state index in [9.17, 15) is 4.79 Å². The van der Waals surface area contributed by atoms with E-state index in [2.05, 4.69) is 15.7 Å². The molecule has 1 aliphatic heterocycles. The lowest BCUT2D eigenvalue weighted by Crippen LogP contribution is -2.28. The van der Waals surface area contributed by atoms with Crippen LogP contribution in [-0.2, 0) is 23.2 Å². The number of ether oxygens (including phenoxy) is 1. The van der Waals surface area contributed by atoms with Gasteiger partial charge in [-0.15, -0.1) is 12.4 Å². The van der Waals surface area contributed by atoms with Crippen molar-refractivity contribution in [2.75, 3.05) is 25.5 Å². The molecule has 1 fully saturated rings. The number of carbonyl (C=O) groups is 1. The lowest BCUT2D eigenvalue weighted by molar-refractivity contribution is -0.119. The SMILES string of the molecule is COCc1ccccc1NC(=O)[C@H]1CNC[C@@H]1c1cnn(C)c1.Cl. The van der Waals surface area contributed by atoms with Gasteiger partial charge in [0, 0.05) is 50.6 Å². The van der Waals surface area contributed by atoms with E-state index in [1.807, 2.05) is 43.7 Å². The monoisotopic (exact) mass is 350 g/mol. The first-order valence-corrected chi connectivity index (χ1v) is 7.76. The second-order valence-corrected chi connectivity index (χ2v) is 5.90. The molecule has 7 heteroatoms. The topological polar surface area (TPSA) is 68.2 Å². The van der Waals surface area contributed by atoms with Crippen LogP contribution in [-0.4, -0.2) is 35.9 Å². The van der Waals surface area contributed by atoms with E-state index < -0.39 is 0 Å². The number of aryl methyl sites for hydroxylation is 1. The minimum absolute atomic E-state index is 0. The molecule has 0 aliphatic carbocycles. The van der Waals surface area contributed by atoms with Crippen molar-refractivity contribution in [1.29, 1.82) is 0 Å². The lowest BCUT2D eigenvalue weighted by atomic mass is 9.90. The second kappa shape index (κ2) is 8.28. The summed E-state index contributed by atoms with van der Waals surface area (Å²) in [7, 11) is 3.54. The highest BCUT2D eigenvalue weighted by Crippen LogP contribution is 2.29. The van der Waals surface area contributed by atoms with Crippen molar-refractivity contribution in [2.45, 2.75) is 12.5 Å². The number of methoxy groups -OCH3 is 1. The summed E-state index contributed by atoms with van der Waals surface area (Å²) >= 11 is 0. The molecule has 2 atom stereocenters. The van der Waals surface area contributed by atoms with Crippen LogP contribution in [0.2, 0.25) is 0 Å². The van der Waals surface area contributed by atoms with Crippen LogP contribution in [0.1, 0.15) is 17.0 Å². The molecule has 1 amide bonds. The van der Waals surface area contributed by atoms with Crippen molar-refractivity contribution >= 4 is 24.0 Å². The number of amides is 1. The van der Waals surface area contributed by atoms with Crippen LogP contribution >= 0.6 is 12.4 Å². The van der Waals surface area contributed by atoms with Gasteiger partial charge in [0.1, 0.15) is 0 Å². The molecule has 2 heterocycles. The van der Waals surface area contributed by atoms with E-state index in [0.717, 1.165) is 23.4 Å². The fourth-order valence-corrected chi connectivity index (χ4v) is 3.09. The number of aromatic nitrogens is 2. The highest BCUT2D eigenvalue weighted by molar-refractivity contribution is 5.94. The van der Waals surface area contributed by atoms with E-state index in [4.69, 9.17) is 4.74 Å². The van der Waals surface area contributed by atoms with Gasteiger partial charge in [0.25, 0.3) is 0 Å². The summed E-state index contributed by atoms with van der Waals surface area (Å²) in [6.07, 6.45) is 3.83. The van der Waals surface area contributed by atoms with Gasteiger partial charge in [0.05, 0.1) is 18.7 Å². The Hall–Kier alpha value is -1.89. The van der Waals surface area contributed by atoms with E-state index in [1.54, 1.807) is 11.8 Å². The largest absolute Gasteiger partial charge is 0.380 e. The Morgan fingerprint density at radius 1 is 1.42 bits per heavy atom. The zero-order valence-corrected chi connectivity index (χ0v) is 14.7. The maximum absolute atomic E-state index is 12.7. The third-order valence-corrected chi connectivity index (χ3v) is 4.28. The van der Waals surface area contributed by atoms with Crippen LogP contribution in [0.4, 0.5) is 5.69 Å². The van der Waals surface area contributed by atoms with Gasteiger partial charge in [-0.25, -0.2) is 0 Å². The Labute approximate surface area is 148 Å². The normalized spacial score (nSPS) is 19.8. The highest BCUT2D eigenvalue weighted by Gasteiger charge is 2.34. The first kappa shape index (κ1) is 18.4. The molecule has 3 rings (SSSR count). The molecular weight excluding hydrogens is 328 g/mol. The fraction of sp³-hybridized carbons (Fsp3) is 0.412. The smallest absolute Gasteiger partial charge is 0.229 e. The average Bonchev–Trinajstić information content (AvgIpc) is 3.18. The van der Waals surface area contributed by atoms with Crippen molar-refractivity contribution in [1.82, 2.24) is 15.1 Å². The Balaban J connectivity index is 0.00000208. The number of rotatable bonds is 5. The zero-order valence-electron chi connectivity index (χ0n) is 13.9. The lowest BCUT2D eigenvalue weighted by Gasteiger charge is -2.18. The van der Waals surface area contributed by atoms with Gasteiger partial charge in [-0.2, -0.15) is 5.10 Å². The third-order valence-electron chi connectivity index (χ3n) is 4.28. The van der Waals surface area contributed by atoms with Crippen LogP contribution in [0.15, 0.2) is 36.7 Å². The van der Waals surface area contributed by atoms with Gasteiger partial charge < -0.3 is 15.4 Å². The minimum atomic E-state index is -0.102. The number of hydrogen-bond acceptors (Lipinski definition) is 4. The quantitative estimate of drug-likeness (QED) is 0.864. The number of benzene rings is 1. The summed E-state index contributed by atoms with van der Waals surface area (Å²) in [5.74, 6) is 0.0838. The summed E-state index contributed by atoms with van der Waals surface area (Å²) in [6.45, 7) is 1.95. The summed E-state index contributed by atoms with van der Waals surface area (Å²) in [5, 5.41) is 10.6. The van der Waals surface area contributed by atoms with E-state index in [1.165, 1.54) is 0 Å². The van der Waals surface area contributed by atoms with Crippen LogP contribution in [0.3, 0.4) is 0 Å². The number of hydrogen-bond donors (Lipinski definition) is 2. The fourth-order valence-electron chi connectivity index (χ4n) is 3.09. The van der Waals surface area contributed by atoms with Gasteiger partial charge in [-0.05, 0) is 11.6 Å². The van der Waals surface area contributed by atoms with Crippen LogP contribution < -0.4 is 10.6 Å². The Kier molecular flexibility index (Phi) is 6.36. The van der Waals surface area contributed by atoms with Gasteiger partial charge >= 0.3 is 0 Å². The first-order chi connectivity index (χ1) is 11.2. The summed E-state index contributed by atoms with van der Waals surface area (Å²) < 4.78 is 6.97. The zero-order chi connectivity index (χ0) is 16.2. The Bertz CT molecular complexity index is 689. The van der Waals surface area contributed by atoms with Crippen molar-refractivity contribution in [3.8, 4) is 0 Å². The van der Waals surface area contributed by atoms with Crippen LogP contribution in [0.25, 0.3) is 0 Å².